The van der Waals surface area contributed by atoms with Gasteiger partial charge in [0.25, 0.3) is 0 Å². The molecule has 0 aliphatic heterocycles. The van der Waals surface area contributed by atoms with Gasteiger partial charge in [-0.15, -0.1) is 0 Å². The molecule has 0 fully saturated rings. The largest absolute Gasteiger partial charge is 0.438 e. The lowest BCUT2D eigenvalue weighted by Crippen LogP contribution is -2.22. The van der Waals surface area contributed by atoms with E-state index in [1.54, 1.807) is 30.3 Å². The standard InChI is InChI=1S/C23H16ClFN2O2/c24-16-7-3-1-6-14(16)20-11-15-22(26)21-18(27-23(15)29-20)9-12(10-19(21)28)13-5-2-4-8-17(13)25/h1-8,11-12H,9-10H2,(H2,26,27). The number of anilines is 1. The number of ketones is 1. The third-order valence-corrected chi connectivity index (χ3v) is 5.76. The molecule has 2 aromatic carbocycles. The highest BCUT2D eigenvalue weighted by molar-refractivity contribution is 6.33. The van der Waals surface area contributed by atoms with Crippen LogP contribution in [0.3, 0.4) is 0 Å². The number of hydrogen-bond acceptors (Lipinski definition) is 4. The van der Waals surface area contributed by atoms with Gasteiger partial charge >= 0.3 is 0 Å². The molecule has 1 aliphatic carbocycles. The average molecular weight is 407 g/mol. The number of carbonyl (C=O) groups excluding carboxylic acids is 1. The molecule has 6 heteroatoms. The Morgan fingerprint density at radius 2 is 1.86 bits per heavy atom. The second-order valence-corrected chi connectivity index (χ2v) is 7.61. The predicted octanol–water partition coefficient (Wildman–Crippen LogP) is 5.78. The van der Waals surface area contributed by atoms with Crippen molar-refractivity contribution in [3.8, 4) is 11.3 Å². The number of hydrogen-bond donors (Lipinski definition) is 1. The van der Waals surface area contributed by atoms with E-state index in [1.165, 1.54) is 6.07 Å². The number of aromatic nitrogens is 1. The van der Waals surface area contributed by atoms with Gasteiger partial charge in [0, 0.05) is 12.0 Å². The second kappa shape index (κ2) is 6.71. The third kappa shape index (κ3) is 2.89. The van der Waals surface area contributed by atoms with Gasteiger partial charge < -0.3 is 10.2 Å². The van der Waals surface area contributed by atoms with Crippen LogP contribution < -0.4 is 5.73 Å². The predicted molar refractivity (Wildman–Crippen MR) is 111 cm³/mol. The van der Waals surface area contributed by atoms with Crippen LogP contribution in [-0.4, -0.2) is 10.8 Å². The Kier molecular flexibility index (Phi) is 4.14. The van der Waals surface area contributed by atoms with Crippen molar-refractivity contribution in [2.45, 2.75) is 18.8 Å². The lowest BCUT2D eigenvalue weighted by molar-refractivity contribution is 0.0964. The van der Waals surface area contributed by atoms with E-state index < -0.39 is 0 Å². The monoisotopic (exact) mass is 406 g/mol. The van der Waals surface area contributed by atoms with Gasteiger partial charge in [-0.05, 0) is 42.2 Å². The quantitative estimate of drug-likeness (QED) is 0.458. The molecule has 144 valence electrons. The molecule has 1 atom stereocenters. The zero-order chi connectivity index (χ0) is 20.1. The van der Waals surface area contributed by atoms with Gasteiger partial charge in [-0.1, -0.05) is 41.9 Å². The summed E-state index contributed by atoms with van der Waals surface area (Å²) in [6, 6.07) is 15.6. The molecule has 5 rings (SSSR count). The van der Waals surface area contributed by atoms with E-state index in [0.717, 1.165) is 5.56 Å². The highest BCUT2D eigenvalue weighted by atomic mass is 35.5. The summed E-state index contributed by atoms with van der Waals surface area (Å²) in [5.41, 5.74) is 9.24. The molecular formula is C23H16ClFN2O2. The molecule has 4 nitrogen and oxygen atoms in total. The number of carbonyl (C=O) groups is 1. The van der Waals surface area contributed by atoms with Crippen LogP contribution in [0.4, 0.5) is 10.1 Å². The minimum atomic E-state index is -0.318. The van der Waals surface area contributed by atoms with E-state index in [-0.39, 0.29) is 23.9 Å². The van der Waals surface area contributed by atoms with Crippen LogP contribution in [0.1, 0.15) is 34.0 Å². The van der Waals surface area contributed by atoms with Gasteiger partial charge in [-0.25, -0.2) is 9.37 Å². The third-order valence-electron chi connectivity index (χ3n) is 5.43. The van der Waals surface area contributed by atoms with Crippen molar-refractivity contribution >= 4 is 34.2 Å². The molecule has 0 saturated carbocycles. The molecule has 2 heterocycles. The zero-order valence-electron chi connectivity index (χ0n) is 15.3. The molecule has 0 saturated heterocycles. The van der Waals surface area contributed by atoms with Gasteiger partial charge in [0.1, 0.15) is 11.6 Å². The number of benzene rings is 2. The van der Waals surface area contributed by atoms with Crippen molar-refractivity contribution in [3.05, 3.63) is 82.3 Å². The van der Waals surface area contributed by atoms with Crippen LogP contribution in [-0.2, 0) is 6.42 Å². The zero-order valence-corrected chi connectivity index (χ0v) is 16.0. The summed E-state index contributed by atoms with van der Waals surface area (Å²) < 4.78 is 20.2. The maximum Gasteiger partial charge on any atom is 0.229 e. The van der Waals surface area contributed by atoms with Gasteiger partial charge in [0.15, 0.2) is 5.78 Å². The number of rotatable bonds is 2. The normalized spacial score (nSPS) is 16.2. The van der Waals surface area contributed by atoms with Crippen molar-refractivity contribution in [1.29, 1.82) is 0 Å². The molecule has 4 aromatic rings. The lowest BCUT2D eigenvalue weighted by atomic mass is 9.80. The van der Waals surface area contributed by atoms with Crippen LogP contribution in [0.5, 0.6) is 0 Å². The van der Waals surface area contributed by atoms with E-state index in [9.17, 15) is 9.18 Å². The number of fused-ring (bicyclic) bond motifs is 2. The SMILES string of the molecule is Nc1c2c(nc3oc(-c4ccccc4Cl)cc13)CC(c1ccccc1F)CC2=O. The minimum absolute atomic E-state index is 0.133. The van der Waals surface area contributed by atoms with Crippen molar-refractivity contribution in [1.82, 2.24) is 4.98 Å². The van der Waals surface area contributed by atoms with Crippen LogP contribution in [0, 0.1) is 5.82 Å². The van der Waals surface area contributed by atoms with Gasteiger partial charge in [0.2, 0.25) is 5.71 Å². The summed E-state index contributed by atoms with van der Waals surface area (Å²) in [7, 11) is 0. The molecule has 0 radical (unpaired) electrons. The first-order valence-corrected chi connectivity index (χ1v) is 9.65. The molecule has 1 aliphatic rings. The van der Waals surface area contributed by atoms with Crippen molar-refractivity contribution in [2.24, 2.45) is 0 Å². The van der Waals surface area contributed by atoms with Crippen LogP contribution in [0.25, 0.3) is 22.4 Å². The fourth-order valence-electron chi connectivity index (χ4n) is 4.04. The fraction of sp³-hybridized carbons (Fsp3) is 0.130. The molecule has 1 unspecified atom stereocenters. The van der Waals surface area contributed by atoms with E-state index in [0.29, 0.717) is 50.8 Å². The van der Waals surface area contributed by atoms with E-state index >= 15 is 0 Å². The number of halogens is 2. The Hall–Kier alpha value is -3.18. The molecule has 0 bridgehead atoms. The van der Waals surface area contributed by atoms with Crippen LogP contribution in [0.2, 0.25) is 5.02 Å². The summed E-state index contributed by atoms with van der Waals surface area (Å²) in [6.07, 6.45) is 0.616. The molecule has 2 aromatic heterocycles. The fourth-order valence-corrected chi connectivity index (χ4v) is 4.27. The maximum atomic E-state index is 14.3. The Balaban J connectivity index is 1.63. The maximum absolute atomic E-state index is 14.3. The summed E-state index contributed by atoms with van der Waals surface area (Å²) >= 11 is 6.28. The van der Waals surface area contributed by atoms with Crippen molar-refractivity contribution in [2.75, 3.05) is 5.73 Å². The average Bonchev–Trinajstić information content (AvgIpc) is 3.12. The van der Waals surface area contributed by atoms with E-state index in [1.807, 2.05) is 18.2 Å². The van der Waals surface area contributed by atoms with Crippen molar-refractivity contribution in [3.63, 3.8) is 0 Å². The summed E-state index contributed by atoms with van der Waals surface area (Å²) in [5, 5.41) is 1.13. The van der Waals surface area contributed by atoms with Gasteiger partial charge in [-0.3, -0.25) is 4.79 Å². The lowest BCUT2D eigenvalue weighted by Gasteiger charge is -2.24. The number of nitrogen functional groups attached to an aromatic ring is 1. The summed E-state index contributed by atoms with van der Waals surface area (Å²) in [5.74, 6) is -0.197. The molecule has 0 amide bonds. The molecular weight excluding hydrogens is 391 g/mol. The first-order valence-electron chi connectivity index (χ1n) is 9.27. The van der Waals surface area contributed by atoms with Crippen LogP contribution >= 0.6 is 11.6 Å². The Morgan fingerprint density at radius 1 is 1.10 bits per heavy atom. The van der Waals surface area contributed by atoms with Crippen molar-refractivity contribution < 1.29 is 13.6 Å². The summed E-state index contributed by atoms with van der Waals surface area (Å²) in [4.78, 5) is 17.5. The molecule has 0 spiro atoms. The first-order chi connectivity index (χ1) is 14.0. The van der Waals surface area contributed by atoms with Crippen LogP contribution in [0.15, 0.2) is 59.0 Å². The highest BCUT2D eigenvalue weighted by Crippen LogP contribution is 2.40. The second-order valence-electron chi connectivity index (χ2n) is 7.21. The highest BCUT2D eigenvalue weighted by Gasteiger charge is 2.32. The first kappa shape index (κ1) is 17.9. The molecule has 29 heavy (non-hydrogen) atoms. The molecule has 2 N–H and O–H groups in total. The minimum Gasteiger partial charge on any atom is -0.438 e. The number of nitrogens with two attached hydrogens (primary N) is 1. The van der Waals surface area contributed by atoms with Gasteiger partial charge in [0.05, 0.1) is 27.4 Å². The Bertz CT molecular complexity index is 1280. The topological polar surface area (TPSA) is 69.1 Å². The number of Topliss-reactive ketones (excluding diaryl/α,β-unsaturated/α-hetero) is 1. The Morgan fingerprint density at radius 3 is 2.66 bits per heavy atom. The number of furan rings is 1. The number of nitrogens with zero attached hydrogens (tertiary/aromatic N) is 1. The number of pyridine rings is 1. The van der Waals surface area contributed by atoms with Gasteiger partial charge in [-0.2, -0.15) is 0 Å². The Labute approximate surface area is 171 Å². The summed E-state index contributed by atoms with van der Waals surface area (Å²) in [6.45, 7) is 0. The van der Waals surface area contributed by atoms with E-state index in [2.05, 4.69) is 4.98 Å². The van der Waals surface area contributed by atoms with E-state index in [4.69, 9.17) is 21.8 Å². The smallest absolute Gasteiger partial charge is 0.229 e.